The van der Waals surface area contributed by atoms with Crippen LogP contribution in [0.3, 0.4) is 0 Å². The van der Waals surface area contributed by atoms with Gasteiger partial charge in [-0.25, -0.2) is 0 Å². The Hall–Kier alpha value is -0.480. The quantitative estimate of drug-likeness (QED) is 0.742. The van der Waals surface area contributed by atoms with E-state index >= 15 is 0 Å². The largest absolute Gasteiger partial charge is 0.396 e. The zero-order valence-corrected chi connectivity index (χ0v) is 8.86. The Morgan fingerprint density at radius 2 is 2.38 bits per heavy atom. The smallest absolute Gasteiger partial charge is 0.149 e. The summed E-state index contributed by atoms with van der Waals surface area (Å²) in [6.07, 6.45) is 0.713. The maximum atomic E-state index is 10.9. The number of aliphatic hydroxyl groups is 1. The molecule has 1 N–H and O–H groups in total. The summed E-state index contributed by atoms with van der Waals surface area (Å²) in [7, 11) is 0. The fourth-order valence-electron chi connectivity index (χ4n) is 1.32. The Balaban J connectivity index is 2.57. The normalized spacial score (nSPS) is 17.0. The zero-order chi connectivity index (χ0) is 9.84. The lowest BCUT2D eigenvalue weighted by Crippen LogP contribution is -2.23. The molecular weight excluding hydrogens is 186 g/mol. The summed E-state index contributed by atoms with van der Waals surface area (Å²) in [4.78, 5) is 14.2. The lowest BCUT2D eigenvalue weighted by molar-refractivity contribution is -0.117. The van der Waals surface area contributed by atoms with Gasteiger partial charge in [-0.3, -0.25) is 4.79 Å². The summed E-state index contributed by atoms with van der Waals surface area (Å²) in [5.41, 5.74) is 1.15. The van der Waals surface area contributed by atoms with Crippen molar-refractivity contribution in [2.75, 3.05) is 19.0 Å². The molecule has 0 bridgehead atoms. The maximum absolute atomic E-state index is 10.9. The lowest BCUT2D eigenvalue weighted by atomic mass is 10.3. The third-order valence-electron chi connectivity index (χ3n) is 2.02. The van der Waals surface area contributed by atoms with E-state index in [2.05, 4.69) is 4.90 Å². The second-order valence-corrected chi connectivity index (χ2v) is 4.20. The van der Waals surface area contributed by atoms with E-state index in [1.165, 1.54) is 4.91 Å². The highest BCUT2D eigenvalue weighted by molar-refractivity contribution is 8.03. The van der Waals surface area contributed by atoms with E-state index in [4.69, 9.17) is 5.11 Å². The van der Waals surface area contributed by atoms with Gasteiger partial charge in [0.2, 0.25) is 0 Å². The highest BCUT2D eigenvalue weighted by Crippen LogP contribution is 2.33. The molecule has 1 heterocycles. The summed E-state index contributed by atoms with van der Waals surface area (Å²) in [6, 6.07) is 0. The summed E-state index contributed by atoms with van der Waals surface area (Å²) >= 11 is 1.72. The molecule has 0 saturated carbocycles. The Kier molecular flexibility index (Phi) is 3.81. The molecule has 1 rings (SSSR count). The molecule has 0 aromatic carbocycles. The topological polar surface area (TPSA) is 40.5 Å². The molecule has 74 valence electrons. The molecule has 0 atom stereocenters. The fourth-order valence-corrected chi connectivity index (χ4v) is 2.49. The molecule has 3 nitrogen and oxygen atoms in total. The number of thioether (sulfide) groups is 1. The van der Waals surface area contributed by atoms with Gasteiger partial charge in [0.1, 0.15) is 5.78 Å². The fraction of sp³-hybridized carbons (Fsp3) is 0.667. The first-order valence-corrected chi connectivity index (χ1v) is 5.31. The van der Waals surface area contributed by atoms with Crippen LogP contribution in [0.4, 0.5) is 0 Å². The van der Waals surface area contributed by atoms with Crippen LogP contribution in [0.25, 0.3) is 0 Å². The van der Waals surface area contributed by atoms with E-state index in [1.54, 1.807) is 18.7 Å². The van der Waals surface area contributed by atoms with Gasteiger partial charge in [-0.05, 0) is 13.8 Å². The Morgan fingerprint density at radius 1 is 1.69 bits per heavy atom. The Labute approximate surface area is 82.8 Å². The van der Waals surface area contributed by atoms with Crippen LogP contribution in [-0.4, -0.2) is 34.8 Å². The van der Waals surface area contributed by atoms with Gasteiger partial charge in [0, 0.05) is 23.6 Å². The Bertz CT molecular complexity index is 238. The number of Topliss-reactive ketones (excluding diaryl/α,β-unsaturated/α-hetero) is 1. The molecule has 1 aliphatic rings. The van der Waals surface area contributed by atoms with Crippen molar-refractivity contribution >= 4 is 17.5 Å². The number of hydrogen-bond donors (Lipinski definition) is 1. The van der Waals surface area contributed by atoms with Gasteiger partial charge in [-0.15, -0.1) is 11.8 Å². The highest BCUT2D eigenvalue weighted by Gasteiger charge is 2.19. The number of hydrogen-bond acceptors (Lipinski definition) is 4. The van der Waals surface area contributed by atoms with Gasteiger partial charge < -0.3 is 10.0 Å². The van der Waals surface area contributed by atoms with E-state index in [0.29, 0.717) is 13.0 Å². The van der Waals surface area contributed by atoms with E-state index in [9.17, 15) is 4.79 Å². The molecule has 0 aliphatic carbocycles. The maximum Gasteiger partial charge on any atom is 0.149 e. The molecule has 0 spiro atoms. The van der Waals surface area contributed by atoms with Gasteiger partial charge >= 0.3 is 0 Å². The first kappa shape index (κ1) is 10.6. The van der Waals surface area contributed by atoms with Crippen molar-refractivity contribution in [3.8, 4) is 0 Å². The van der Waals surface area contributed by atoms with E-state index in [0.717, 1.165) is 11.6 Å². The molecule has 13 heavy (non-hydrogen) atoms. The van der Waals surface area contributed by atoms with Crippen molar-refractivity contribution in [2.45, 2.75) is 20.3 Å². The van der Waals surface area contributed by atoms with Gasteiger partial charge in [0.25, 0.3) is 0 Å². The highest BCUT2D eigenvalue weighted by atomic mass is 32.2. The van der Waals surface area contributed by atoms with Crippen LogP contribution >= 0.6 is 11.8 Å². The van der Waals surface area contributed by atoms with Gasteiger partial charge in [-0.1, -0.05) is 0 Å². The van der Waals surface area contributed by atoms with Crippen LogP contribution in [0.5, 0.6) is 0 Å². The number of ketones is 1. The number of aliphatic hydroxyl groups excluding tert-OH is 1. The molecule has 0 radical (unpaired) electrons. The van der Waals surface area contributed by atoms with Crippen LogP contribution in [0.1, 0.15) is 20.3 Å². The first-order chi connectivity index (χ1) is 6.15. The van der Waals surface area contributed by atoms with E-state index in [-0.39, 0.29) is 12.4 Å². The predicted molar refractivity (Wildman–Crippen MR) is 54.2 cm³/mol. The molecule has 0 aromatic heterocycles. The van der Waals surface area contributed by atoms with Crippen molar-refractivity contribution in [2.24, 2.45) is 0 Å². The van der Waals surface area contributed by atoms with Crippen molar-refractivity contribution in [3.05, 3.63) is 10.6 Å². The van der Waals surface area contributed by atoms with E-state index in [1.807, 2.05) is 6.92 Å². The second kappa shape index (κ2) is 4.67. The average molecular weight is 201 g/mol. The van der Waals surface area contributed by atoms with Crippen LogP contribution in [0.15, 0.2) is 10.6 Å². The van der Waals surface area contributed by atoms with Crippen molar-refractivity contribution in [1.82, 2.24) is 4.90 Å². The number of carbonyl (C=O) groups is 1. The lowest BCUT2D eigenvalue weighted by Gasteiger charge is -2.16. The summed E-state index contributed by atoms with van der Waals surface area (Å²) in [5.74, 6) is 1.03. The number of nitrogens with zero attached hydrogens (tertiary/aromatic N) is 1. The van der Waals surface area contributed by atoms with Gasteiger partial charge in [0.05, 0.1) is 12.4 Å². The number of rotatable bonds is 4. The first-order valence-electron chi connectivity index (χ1n) is 4.33. The molecule has 0 unspecified atom stereocenters. The molecule has 0 amide bonds. The minimum atomic E-state index is 0.185. The monoisotopic (exact) mass is 201 g/mol. The number of allylic oxidation sites excluding steroid dienone is 1. The van der Waals surface area contributed by atoms with Crippen molar-refractivity contribution < 1.29 is 9.90 Å². The molecule has 0 aromatic rings. The molecule has 4 heteroatoms. The van der Waals surface area contributed by atoms with Crippen LogP contribution < -0.4 is 0 Å². The third-order valence-corrected chi connectivity index (χ3v) is 3.31. The minimum absolute atomic E-state index is 0.185. The summed E-state index contributed by atoms with van der Waals surface area (Å²) < 4.78 is 0. The van der Waals surface area contributed by atoms with Crippen molar-refractivity contribution in [1.29, 1.82) is 0 Å². The molecule has 0 fully saturated rings. The SMILES string of the molecule is CC(=O)CN1CSC(CCO)=C1C. The van der Waals surface area contributed by atoms with Gasteiger partial charge in [0.15, 0.2) is 0 Å². The zero-order valence-electron chi connectivity index (χ0n) is 8.04. The van der Waals surface area contributed by atoms with Crippen LogP contribution in [0, 0.1) is 0 Å². The standard InChI is InChI=1S/C9H15NO2S/c1-7(12)5-10-6-13-9(3-4-11)8(10)2/h11H,3-6H2,1-2H3. The van der Waals surface area contributed by atoms with Crippen molar-refractivity contribution in [3.63, 3.8) is 0 Å². The third kappa shape index (κ3) is 2.74. The van der Waals surface area contributed by atoms with Gasteiger partial charge in [-0.2, -0.15) is 0 Å². The predicted octanol–water partition coefficient (Wildman–Crippen LogP) is 1.20. The molecule has 0 saturated heterocycles. The van der Waals surface area contributed by atoms with Crippen LogP contribution in [-0.2, 0) is 4.79 Å². The Morgan fingerprint density at radius 3 is 2.92 bits per heavy atom. The summed E-state index contributed by atoms with van der Waals surface area (Å²) in [5, 5.41) is 8.78. The summed E-state index contributed by atoms with van der Waals surface area (Å²) in [6.45, 7) is 4.29. The minimum Gasteiger partial charge on any atom is -0.396 e. The van der Waals surface area contributed by atoms with Crippen LogP contribution in [0.2, 0.25) is 0 Å². The number of carbonyl (C=O) groups excluding carboxylic acids is 1. The molecule has 1 aliphatic heterocycles. The average Bonchev–Trinajstić information content (AvgIpc) is 2.36. The molecular formula is C9H15NO2S. The second-order valence-electron chi connectivity index (χ2n) is 3.16. The van der Waals surface area contributed by atoms with E-state index < -0.39 is 0 Å².